The highest BCUT2D eigenvalue weighted by atomic mass is 16.6. The lowest BCUT2D eigenvalue weighted by Gasteiger charge is -2.29. The third-order valence-electron chi connectivity index (χ3n) is 6.95. The van der Waals surface area contributed by atoms with Gasteiger partial charge in [0.2, 0.25) is 11.6 Å². The minimum absolute atomic E-state index is 0.0801. The zero-order valence-electron chi connectivity index (χ0n) is 24.1. The van der Waals surface area contributed by atoms with Crippen LogP contribution >= 0.6 is 0 Å². The molecule has 220 valence electrons. The summed E-state index contributed by atoms with van der Waals surface area (Å²) >= 11 is 0. The summed E-state index contributed by atoms with van der Waals surface area (Å²) in [4.78, 5) is 50.6. The summed E-state index contributed by atoms with van der Waals surface area (Å²) in [7, 11) is 4.21. The number of primary amides is 1. The van der Waals surface area contributed by atoms with Gasteiger partial charge >= 0.3 is 6.09 Å². The zero-order valence-corrected chi connectivity index (χ0v) is 24.1. The first-order valence-electron chi connectivity index (χ1n) is 13.0. The molecular weight excluding hydrogens is 520 g/mol. The fraction of sp³-hybridized carbons (Fsp3) is 0.517. The number of fused-ring (bicyclic) bond motifs is 2. The van der Waals surface area contributed by atoms with Crippen LogP contribution in [0.3, 0.4) is 0 Å². The fourth-order valence-corrected chi connectivity index (χ4v) is 4.78. The van der Waals surface area contributed by atoms with Crippen LogP contribution in [0, 0.1) is 11.8 Å². The molecule has 0 fully saturated rings. The lowest BCUT2D eigenvalue weighted by atomic mass is 9.85. The van der Waals surface area contributed by atoms with Crippen molar-refractivity contribution in [2.45, 2.75) is 65.0 Å². The van der Waals surface area contributed by atoms with Gasteiger partial charge in [0.15, 0.2) is 11.9 Å². The van der Waals surface area contributed by atoms with Crippen LogP contribution in [0.1, 0.15) is 40.5 Å². The van der Waals surface area contributed by atoms with Crippen LogP contribution in [-0.4, -0.2) is 74.4 Å². The van der Waals surface area contributed by atoms with Gasteiger partial charge in [0.1, 0.15) is 6.10 Å². The highest BCUT2D eigenvalue weighted by molar-refractivity contribution is 6.23. The number of methoxy groups -OCH3 is 3. The third-order valence-corrected chi connectivity index (χ3v) is 6.95. The van der Waals surface area contributed by atoms with Crippen molar-refractivity contribution in [2.24, 2.45) is 17.6 Å². The summed E-state index contributed by atoms with van der Waals surface area (Å²) in [6.45, 7) is 6.92. The van der Waals surface area contributed by atoms with E-state index in [-0.39, 0.29) is 34.9 Å². The van der Waals surface area contributed by atoms with E-state index < -0.39 is 53.9 Å². The van der Waals surface area contributed by atoms with E-state index in [2.05, 4.69) is 5.32 Å². The molecule has 0 saturated carbocycles. The van der Waals surface area contributed by atoms with Gasteiger partial charge in [-0.05, 0) is 38.2 Å². The smallest absolute Gasteiger partial charge is 0.405 e. The lowest BCUT2D eigenvalue weighted by molar-refractivity contribution is -0.120. The van der Waals surface area contributed by atoms with E-state index in [4.69, 9.17) is 24.7 Å². The van der Waals surface area contributed by atoms with Gasteiger partial charge in [-0.15, -0.1) is 0 Å². The quantitative estimate of drug-likeness (QED) is 0.346. The van der Waals surface area contributed by atoms with Crippen molar-refractivity contribution in [1.82, 2.24) is 5.32 Å². The Balaban J connectivity index is 2.60. The first-order chi connectivity index (χ1) is 18.8. The maximum absolute atomic E-state index is 13.3. The Morgan fingerprint density at radius 1 is 1.10 bits per heavy atom. The predicted octanol–water partition coefficient (Wildman–Crippen LogP) is 2.41. The van der Waals surface area contributed by atoms with Crippen LogP contribution < -0.4 is 11.1 Å². The van der Waals surface area contributed by atoms with E-state index in [0.717, 1.165) is 6.08 Å². The van der Waals surface area contributed by atoms with Crippen molar-refractivity contribution >= 4 is 23.6 Å². The first-order valence-corrected chi connectivity index (χ1v) is 13.0. The third kappa shape index (κ3) is 8.23. The number of amides is 2. The van der Waals surface area contributed by atoms with Gasteiger partial charge < -0.3 is 35.1 Å². The van der Waals surface area contributed by atoms with E-state index >= 15 is 0 Å². The molecular formula is C29H40N2O9. The molecule has 0 aromatic carbocycles. The SMILES string of the molecule is COC1=C2C[C@@H](C)C[C@H](OC)C(O)[C@@H](C)/C=C(\C)C(OC(N)=O)[C@@H](OC)/C=C\C=C(/C)C(=O)NC(=CC1=O)C2=O. The van der Waals surface area contributed by atoms with Gasteiger partial charge in [0.25, 0.3) is 5.91 Å². The molecule has 2 unspecified atom stereocenters. The maximum Gasteiger partial charge on any atom is 0.405 e. The Labute approximate surface area is 234 Å². The number of carbonyl (C=O) groups is 4. The summed E-state index contributed by atoms with van der Waals surface area (Å²) in [5.41, 5.74) is 6.12. The number of Topliss-reactive ketones (excluding diaryl/α,β-unsaturated/α-hetero) is 1. The van der Waals surface area contributed by atoms with Crippen LogP contribution in [0.5, 0.6) is 0 Å². The molecule has 2 rings (SSSR count). The van der Waals surface area contributed by atoms with Crippen molar-refractivity contribution in [2.75, 3.05) is 21.3 Å². The van der Waals surface area contributed by atoms with Crippen LogP contribution in [-0.2, 0) is 33.3 Å². The largest absolute Gasteiger partial charge is 0.492 e. The highest BCUT2D eigenvalue weighted by Crippen LogP contribution is 2.29. The number of ketones is 2. The van der Waals surface area contributed by atoms with Crippen LogP contribution in [0.15, 0.2) is 58.6 Å². The van der Waals surface area contributed by atoms with Crippen molar-refractivity contribution < 1.29 is 43.2 Å². The average Bonchev–Trinajstić information content (AvgIpc) is 2.90. The predicted molar refractivity (Wildman–Crippen MR) is 147 cm³/mol. The molecule has 0 spiro atoms. The number of hydrogen-bond acceptors (Lipinski definition) is 9. The van der Waals surface area contributed by atoms with E-state index in [1.165, 1.54) is 34.3 Å². The van der Waals surface area contributed by atoms with Crippen LogP contribution in [0.2, 0.25) is 0 Å². The zero-order chi connectivity index (χ0) is 30.1. The molecule has 11 nitrogen and oxygen atoms in total. The average molecular weight is 561 g/mol. The second-order valence-corrected chi connectivity index (χ2v) is 10.1. The number of allylic oxidation sites excluding steroid dienone is 4. The summed E-state index contributed by atoms with van der Waals surface area (Å²) < 4.78 is 21.7. The van der Waals surface area contributed by atoms with Crippen molar-refractivity contribution in [3.05, 3.63) is 58.6 Å². The van der Waals surface area contributed by atoms with Crippen molar-refractivity contribution in [1.29, 1.82) is 0 Å². The summed E-state index contributed by atoms with van der Waals surface area (Å²) in [6, 6.07) is 0. The highest BCUT2D eigenvalue weighted by Gasteiger charge is 2.34. The van der Waals surface area contributed by atoms with Gasteiger partial charge in [-0.2, -0.15) is 0 Å². The molecule has 0 radical (unpaired) electrons. The molecule has 0 aromatic rings. The summed E-state index contributed by atoms with van der Waals surface area (Å²) in [5, 5.41) is 13.7. The van der Waals surface area contributed by atoms with Crippen LogP contribution in [0.4, 0.5) is 4.79 Å². The molecule has 6 atom stereocenters. The van der Waals surface area contributed by atoms with E-state index in [1.807, 2.05) is 6.92 Å². The molecule has 0 aromatic heterocycles. The number of hydrogen-bond donors (Lipinski definition) is 3. The van der Waals surface area contributed by atoms with Gasteiger partial charge in [-0.1, -0.05) is 38.2 Å². The summed E-state index contributed by atoms with van der Waals surface area (Å²) in [5.74, 6) is -2.39. The monoisotopic (exact) mass is 560 g/mol. The standard InChI is InChI=1S/C29H40N2O9/c1-15-11-19-25(34)20(14-21(32)27(19)39-7)31-28(35)16(2)9-8-10-22(37-5)26(40-29(30)36)18(4)13-17(3)24(33)23(12-15)38-6/h8-10,13-15,17,22-24,26,33H,11-12H2,1-7H3,(H2,30,36)(H,31,35)/b10-8-,16-9+,18-13+/t15-,17+,22+,23+,24?,26?/m1/s1. The number of carbonyl (C=O) groups excluding carboxylic acids is 4. The normalized spacial score (nSPS) is 32.7. The van der Waals surface area contributed by atoms with Gasteiger partial charge in [-0.25, -0.2) is 4.79 Å². The molecule has 1 aliphatic heterocycles. The number of aliphatic hydroxyl groups is 1. The minimum Gasteiger partial charge on any atom is -0.492 e. The second kappa shape index (κ2) is 14.7. The molecule has 4 N–H and O–H groups in total. The topological polar surface area (TPSA) is 163 Å². The second-order valence-electron chi connectivity index (χ2n) is 10.1. The molecule has 40 heavy (non-hydrogen) atoms. The number of nitrogens with one attached hydrogen (secondary N) is 1. The molecule has 1 aliphatic carbocycles. The Kier molecular flexibility index (Phi) is 12.0. The number of rotatable bonds is 4. The van der Waals surface area contributed by atoms with E-state index in [9.17, 15) is 24.3 Å². The van der Waals surface area contributed by atoms with Crippen LogP contribution in [0.25, 0.3) is 0 Å². The van der Waals surface area contributed by atoms with E-state index in [1.54, 1.807) is 32.1 Å². The Bertz CT molecular complexity index is 1150. The number of ether oxygens (including phenoxy) is 4. The molecule has 2 bridgehead atoms. The van der Waals surface area contributed by atoms with Gasteiger partial charge in [0, 0.05) is 37.4 Å². The van der Waals surface area contributed by atoms with Crippen molar-refractivity contribution in [3.63, 3.8) is 0 Å². The minimum atomic E-state index is -1.00. The van der Waals surface area contributed by atoms with Gasteiger partial charge in [-0.3, -0.25) is 14.4 Å². The fourth-order valence-electron chi connectivity index (χ4n) is 4.78. The number of nitrogens with two attached hydrogens (primary N) is 1. The maximum atomic E-state index is 13.3. The molecule has 2 amide bonds. The summed E-state index contributed by atoms with van der Waals surface area (Å²) in [6.07, 6.45) is 3.61. The molecule has 2 aliphatic rings. The number of aliphatic hydroxyl groups excluding tert-OH is 1. The Hall–Kier alpha value is -3.54. The Morgan fingerprint density at radius 3 is 2.35 bits per heavy atom. The molecule has 11 heteroatoms. The van der Waals surface area contributed by atoms with E-state index in [0.29, 0.717) is 12.0 Å². The molecule has 0 saturated heterocycles. The van der Waals surface area contributed by atoms with Crippen molar-refractivity contribution in [3.8, 4) is 0 Å². The first kappa shape index (κ1) is 32.7. The lowest BCUT2D eigenvalue weighted by Crippen LogP contribution is -2.37. The molecule has 1 heterocycles. The van der Waals surface area contributed by atoms with Gasteiger partial charge in [0.05, 0.1) is 25.0 Å². The Morgan fingerprint density at radius 2 is 1.77 bits per heavy atom.